The highest BCUT2D eigenvalue weighted by Crippen LogP contribution is 2.30. The van der Waals surface area contributed by atoms with Gasteiger partial charge < -0.3 is 5.32 Å². The summed E-state index contributed by atoms with van der Waals surface area (Å²) in [5.74, 6) is 0.562. The second kappa shape index (κ2) is 7.66. The summed E-state index contributed by atoms with van der Waals surface area (Å²) < 4.78 is 0. The van der Waals surface area contributed by atoms with Gasteiger partial charge in [0.25, 0.3) is 0 Å². The zero-order valence-electron chi connectivity index (χ0n) is 15.3. The SMILES string of the molecule is C[C@@H](C(=O)N[C@@H]1CCCc2nc(-c3ccncc3)ncc21)c1ccccc1. The Morgan fingerprint density at radius 2 is 1.93 bits per heavy atom. The van der Waals surface area contributed by atoms with Crippen LogP contribution in [0.3, 0.4) is 0 Å². The van der Waals surface area contributed by atoms with Gasteiger partial charge in [0.15, 0.2) is 5.82 Å². The summed E-state index contributed by atoms with van der Waals surface area (Å²) >= 11 is 0. The monoisotopic (exact) mass is 358 g/mol. The number of aromatic nitrogens is 3. The predicted octanol–water partition coefficient (Wildman–Crippen LogP) is 3.84. The lowest BCUT2D eigenvalue weighted by Crippen LogP contribution is -2.34. The number of carbonyl (C=O) groups excluding carboxylic acids is 1. The molecule has 0 spiro atoms. The van der Waals surface area contributed by atoms with Crippen molar-refractivity contribution in [2.24, 2.45) is 0 Å². The van der Waals surface area contributed by atoms with Gasteiger partial charge in [0, 0.05) is 35.4 Å². The number of hydrogen-bond acceptors (Lipinski definition) is 4. The van der Waals surface area contributed by atoms with Crippen LogP contribution in [0.5, 0.6) is 0 Å². The largest absolute Gasteiger partial charge is 0.349 e. The minimum Gasteiger partial charge on any atom is -0.349 e. The van der Waals surface area contributed by atoms with Crippen LogP contribution in [0.1, 0.15) is 48.5 Å². The smallest absolute Gasteiger partial charge is 0.227 e. The van der Waals surface area contributed by atoms with Crippen molar-refractivity contribution in [3.8, 4) is 11.4 Å². The quantitative estimate of drug-likeness (QED) is 0.769. The molecule has 3 aromatic rings. The molecule has 0 aliphatic heterocycles. The number of pyridine rings is 1. The summed E-state index contributed by atoms with van der Waals surface area (Å²) in [6.45, 7) is 1.94. The first-order chi connectivity index (χ1) is 13.2. The molecule has 136 valence electrons. The Bertz CT molecular complexity index is 928. The van der Waals surface area contributed by atoms with Crippen molar-refractivity contribution < 1.29 is 4.79 Å². The molecule has 0 radical (unpaired) electrons. The predicted molar refractivity (Wildman–Crippen MR) is 104 cm³/mol. The average Bonchev–Trinajstić information content (AvgIpc) is 2.74. The van der Waals surface area contributed by atoms with Gasteiger partial charge in [-0.1, -0.05) is 30.3 Å². The first kappa shape index (κ1) is 17.3. The van der Waals surface area contributed by atoms with E-state index in [4.69, 9.17) is 4.98 Å². The summed E-state index contributed by atoms with van der Waals surface area (Å²) in [7, 11) is 0. The van der Waals surface area contributed by atoms with Crippen LogP contribution in [-0.2, 0) is 11.2 Å². The summed E-state index contributed by atoms with van der Waals surface area (Å²) in [6, 6.07) is 13.7. The van der Waals surface area contributed by atoms with E-state index in [9.17, 15) is 4.79 Å². The molecule has 1 amide bonds. The van der Waals surface area contributed by atoms with Crippen LogP contribution in [-0.4, -0.2) is 20.9 Å². The van der Waals surface area contributed by atoms with Crippen LogP contribution >= 0.6 is 0 Å². The number of nitrogens with one attached hydrogen (secondary N) is 1. The van der Waals surface area contributed by atoms with E-state index in [2.05, 4.69) is 15.3 Å². The fourth-order valence-electron chi connectivity index (χ4n) is 3.53. The van der Waals surface area contributed by atoms with Crippen molar-refractivity contribution in [2.45, 2.75) is 38.1 Å². The maximum Gasteiger partial charge on any atom is 0.227 e. The second-order valence-corrected chi connectivity index (χ2v) is 6.92. The standard InChI is InChI=1S/C22H22N4O/c1-15(16-6-3-2-4-7-16)22(27)26-20-9-5-8-19-18(20)14-24-21(25-19)17-10-12-23-13-11-17/h2-4,6-7,10-15,20H,5,8-9H2,1H3,(H,26,27)/t15-,20-/m1/s1. The molecule has 1 N–H and O–H groups in total. The summed E-state index contributed by atoms with van der Waals surface area (Å²) in [5, 5.41) is 3.20. The third-order valence-corrected chi connectivity index (χ3v) is 5.13. The molecule has 1 aliphatic rings. The summed E-state index contributed by atoms with van der Waals surface area (Å²) in [6.07, 6.45) is 8.19. The lowest BCUT2D eigenvalue weighted by Gasteiger charge is -2.27. The lowest BCUT2D eigenvalue weighted by atomic mass is 9.91. The average molecular weight is 358 g/mol. The number of amides is 1. The van der Waals surface area contributed by atoms with Gasteiger partial charge in [0.2, 0.25) is 5.91 Å². The second-order valence-electron chi connectivity index (χ2n) is 6.92. The van der Waals surface area contributed by atoms with Crippen molar-refractivity contribution in [3.63, 3.8) is 0 Å². The maximum atomic E-state index is 12.8. The number of rotatable bonds is 4. The van der Waals surface area contributed by atoms with Crippen LogP contribution in [0.2, 0.25) is 0 Å². The minimum atomic E-state index is -0.186. The van der Waals surface area contributed by atoms with Crippen molar-refractivity contribution in [1.29, 1.82) is 0 Å². The zero-order chi connectivity index (χ0) is 18.6. The van der Waals surface area contributed by atoms with Gasteiger partial charge in [-0.2, -0.15) is 0 Å². The molecule has 27 heavy (non-hydrogen) atoms. The Morgan fingerprint density at radius 3 is 2.70 bits per heavy atom. The molecule has 5 nitrogen and oxygen atoms in total. The highest BCUT2D eigenvalue weighted by molar-refractivity contribution is 5.83. The molecule has 2 heterocycles. The Labute approximate surface area is 158 Å². The first-order valence-electron chi connectivity index (χ1n) is 9.34. The van der Waals surface area contributed by atoms with Gasteiger partial charge in [-0.25, -0.2) is 9.97 Å². The van der Waals surface area contributed by atoms with Crippen LogP contribution in [0.15, 0.2) is 61.1 Å². The number of aryl methyl sites for hydroxylation is 1. The maximum absolute atomic E-state index is 12.8. The number of carbonyl (C=O) groups is 1. The fourth-order valence-corrected chi connectivity index (χ4v) is 3.53. The Hall–Kier alpha value is -3.08. The third-order valence-electron chi connectivity index (χ3n) is 5.13. The van der Waals surface area contributed by atoms with Crippen molar-refractivity contribution in [3.05, 3.63) is 77.9 Å². The Morgan fingerprint density at radius 1 is 1.15 bits per heavy atom. The van der Waals surface area contributed by atoms with Gasteiger partial charge in [-0.3, -0.25) is 9.78 Å². The Kier molecular flexibility index (Phi) is 4.92. The Balaban J connectivity index is 1.54. The molecule has 1 aromatic carbocycles. The van der Waals surface area contributed by atoms with Crippen LogP contribution < -0.4 is 5.32 Å². The molecular weight excluding hydrogens is 336 g/mol. The molecule has 0 unspecified atom stereocenters. The molecule has 5 heteroatoms. The molecule has 1 aliphatic carbocycles. The van der Waals surface area contributed by atoms with E-state index in [1.54, 1.807) is 12.4 Å². The zero-order valence-corrected chi connectivity index (χ0v) is 15.3. The van der Waals surface area contributed by atoms with Gasteiger partial charge in [0.05, 0.1) is 12.0 Å². The van der Waals surface area contributed by atoms with E-state index < -0.39 is 0 Å². The number of hydrogen-bond donors (Lipinski definition) is 1. The number of nitrogens with zero attached hydrogens (tertiary/aromatic N) is 3. The molecular formula is C22H22N4O. The summed E-state index contributed by atoms with van der Waals surface area (Å²) in [4.78, 5) is 26.1. The molecule has 0 fully saturated rings. The molecule has 0 saturated heterocycles. The third kappa shape index (κ3) is 3.72. The summed E-state index contributed by atoms with van der Waals surface area (Å²) in [5.41, 5.74) is 4.04. The number of benzene rings is 1. The molecule has 4 rings (SSSR count). The molecule has 0 saturated carbocycles. The van der Waals surface area contributed by atoms with Crippen molar-refractivity contribution in [1.82, 2.24) is 20.3 Å². The molecule has 2 aromatic heterocycles. The van der Waals surface area contributed by atoms with Gasteiger partial charge in [-0.05, 0) is 43.9 Å². The lowest BCUT2D eigenvalue weighted by molar-refractivity contribution is -0.123. The molecule has 2 atom stereocenters. The molecule has 0 bridgehead atoms. The first-order valence-corrected chi connectivity index (χ1v) is 9.34. The van der Waals surface area contributed by atoms with Gasteiger partial charge in [0.1, 0.15) is 0 Å². The van der Waals surface area contributed by atoms with E-state index in [1.165, 1.54) is 0 Å². The van der Waals surface area contributed by atoms with E-state index >= 15 is 0 Å². The van der Waals surface area contributed by atoms with Crippen molar-refractivity contribution in [2.75, 3.05) is 0 Å². The normalized spacial score (nSPS) is 17.0. The highest BCUT2D eigenvalue weighted by atomic mass is 16.1. The van der Waals surface area contributed by atoms with E-state index in [-0.39, 0.29) is 17.9 Å². The van der Waals surface area contributed by atoms with Crippen LogP contribution in [0.25, 0.3) is 11.4 Å². The van der Waals surface area contributed by atoms with Crippen LogP contribution in [0, 0.1) is 0 Å². The number of fused-ring (bicyclic) bond motifs is 1. The van der Waals surface area contributed by atoms with Crippen LogP contribution in [0.4, 0.5) is 0 Å². The highest BCUT2D eigenvalue weighted by Gasteiger charge is 2.26. The van der Waals surface area contributed by atoms with Crippen molar-refractivity contribution >= 4 is 5.91 Å². The fraction of sp³-hybridized carbons (Fsp3) is 0.273. The topological polar surface area (TPSA) is 67.8 Å². The minimum absolute atomic E-state index is 0.0288. The van der Waals surface area contributed by atoms with E-state index in [1.807, 2.05) is 55.6 Å². The van der Waals surface area contributed by atoms with Gasteiger partial charge in [-0.15, -0.1) is 0 Å². The van der Waals surface area contributed by atoms with E-state index in [0.717, 1.165) is 41.6 Å². The van der Waals surface area contributed by atoms with E-state index in [0.29, 0.717) is 5.82 Å². The van der Waals surface area contributed by atoms with Gasteiger partial charge >= 0.3 is 0 Å².